The highest BCUT2D eigenvalue weighted by molar-refractivity contribution is 5.09. The quantitative estimate of drug-likeness (QED) is 0.724. The number of morpholine rings is 1. The second-order valence-corrected chi connectivity index (χ2v) is 3.19. The molecule has 1 fully saturated rings. The molecule has 0 aliphatic carbocycles. The topological polar surface area (TPSA) is 39.1 Å². The highest BCUT2D eigenvalue weighted by Gasteiger charge is 2.16. The third-order valence-corrected chi connectivity index (χ3v) is 2.28. The van der Waals surface area contributed by atoms with Crippen molar-refractivity contribution >= 4 is 0 Å². The Hall–Kier alpha value is -0.870. The van der Waals surface area contributed by atoms with E-state index in [-0.39, 0.29) is 6.10 Å². The van der Waals surface area contributed by atoms with Crippen LogP contribution in [0, 0.1) is 0 Å². The molecule has 1 aromatic rings. The van der Waals surface area contributed by atoms with Crippen LogP contribution in [0.25, 0.3) is 0 Å². The molecule has 1 aliphatic rings. The van der Waals surface area contributed by atoms with Gasteiger partial charge in [-0.05, 0) is 6.92 Å². The summed E-state index contributed by atoms with van der Waals surface area (Å²) in [7, 11) is 0. The largest absolute Gasteiger partial charge is 0.371 e. The maximum atomic E-state index is 5.61. The number of aromatic nitrogens is 2. The Kier molecular flexibility index (Phi) is 2.61. The predicted molar refractivity (Wildman–Crippen MR) is 49.5 cm³/mol. The van der Waals surface area contributed by atoms with E-state index in [9.17, 15) is 0 Å². The number of nitrogens with zero attached hydrogens (tertiary/aromatic N) is 2. The maximum absolute atomic E-state index is 5.61. The van der Waals surface area contributed by atoms with Crippen molar-refractivity contribution in [2.45, 2.75) is 19.6 Å². The maximum Gasteiger partial charge on any atom is 0.0980 e. The number of aryl methyl sites for hydroxylation is 1. The first-order chi connectivity index (χ1) is 6.40. The van der Waals surface area contributed by atoms with Gasteiger partial charge < -0.3 is 10.1 Å². The lowest BCUT2D eigenvalue weighted by molar-refractivity contribution is 0.0276. The predicted octanol–water partition coefficient (Wildman–Crippen LogP) is 0.564. The fraction of sp³-hybridized carbons (Fsp3) is 0.667. The molecule has 0 amide bonds. The van der Waals surface area contributed by atoms with E-state index in [1.807, 2.05) is 10.9 Å². The molecule has 0 radical (unpaired) electrons. The van der Waals surface area contributed by atoms with Crippen LogP contribution in [0.3, 0.4) is 0 Å². The van der Waals surface area contributed by atoms with E-state index in [2.05, 4.69) is 23.5 Å². The Balaban J connectivity index is 2.05. The third kappa shape index (κ3) is 1.89. The minimum Gasteiger partial charge on any atom is -0.371 e. The van der Waals surface area contributed by atoms with Crippen LogP contribution >= 0.6 is 0 Å². The summed E-state index contributed by atoms with van der Waals surface area (Å²) in [5, 5.41) is 7.52. The summed E-state index contributed by atoms with van der Waals surface area (Å²) in [6.45, 7) is 5.65. The molecule has 0 unspecified atom stereocenters. The van der Waals surface area contributed by atoms with Crippen LogP contribution in [-0.4, -0.2) is 29.5 Å². The highest BCUT2D eigenvalue weighted by atomic mass is 16.5. The van der Waals surface area contributed by atoms with Gasteiger partial charge >= 0.3 is 0 Å². The number of nitrogens with one attached hydrogen (secondary N) is 1. The number of rotatable bonds is 2. The monoisotopic (exact) mass is 181 g/mol. The Labute approximate surface area is 77.9 Å². The zero-order valence-electron chi connectivity index (χ0n) is 7.86. The lowest BCUT2D eigenvalue weighted by Gasteiger charge is -2.22. The minimum absolute atomic E-state index is 0.189. The van der Waals surface area contributed by atoms with Gasteiger partial charge in [0.05, 0.1) is 18.9 Å². The lowest BCUT2D eigenvalue weighted by atomic mass is 10.2. The van der Waals surface area contributed by atoms with Gasteiger partial charge in [0.15, 0.2) is 0 Å². The molecule has 0 aromatic carbocycles. The van der Waals surface area contributed by atoms with Crippen molar-refractivity contribution in [2.24, 2.45) is 0 Å². The van der Waals surface area contributed by atoms with Crippen LogP contribution in [0.5, 0.6) is 0 Å². The van der Waals surface area contributed by atoms with Crippen molar-refractivity contribution in [2.75, 3.05) is 19.7 Å². The van der Waals surface area contributed by atoms with Gasteiger partial charge in [-0.15, -0.1) is 0 Å². The molecule has 72 valence electrons. The van der Waals surface area contributed by atoms with E-state index in [0.717, 1.165) is 26.2 Å². The van der Waals surface area contributed by atoms with E-state index in [4.69, 9.17) is 4.74 Å². The Bertz CT molecular complexity index is 266. The first-order valence-corrected chi connectivity index (χ1v) is 4.75. The van der Waals surface area contributed by atoms with Crippen LogP contribution in [0.2, 0.25) is 0 Å². The fourth-order valence-corrected chi connectivity index (χ4v) is 1.50. The Morgan fingerprint density at radius 2 is 2.69 bits per heavy atom. The zero-order chi connectivity index (χ0) is 9.10. The fourth-order valence-electron chi connectivity index (χ4n) is 1.50. The van der Waals surface area contributed by atoms with Gasteiger partial charge in [0.1, 0.15) is 0 Å². The van der Waals surface area contributed by atoms with Crippen LogP contribution < -0.4 is 5.32 Å². The molecule has 1 saturated heterocycles. The molecule has 4 nitrogen and oxygen atoms in total. The Morgan fingerprint density at radius 1 is 1.77 bits per heavy atom. The molecule has 1 aromatic heterocycles. The second-order valence-electron chi connectivity index (χ2n) is 3.19. The highest BCUT2D eigenvalue weighted by Crippen LogP contribution is 2.17. The molecule has 0 bridgehead atoms. The molecular formula is C9H15N3O. The summed E-state index contributed by atoms with van der Waals surface area (Å²) >= 11 is 0. The average Bonchev–Trinajstić information content (AvgIpc) is 2.67. The van der Waals surface area contributed by atoms with Gasteiger partial charge in [-0.25, -0.2) is 0 Å². The molecular weight excluding hydrogens is 166 g/mol. The van der Waals surface area contributed by atoms with Crippen molar-refractivity contribution in [3.63, 3.8) is 0 Å². The van der Waals surface area contributed by atoms with Crippen LogP contribution in [0.15, 0.2) is 12.4 Å². The van der Waals surface area contributed by atoms with Gasteiger partial charge in [0, 0.05) is 31.4 Å². The van der Waals surface area contributed by atoms with Crippen molar-refractivity contribution in [1.82, 2.24) is 15.1 Å². The standard InChI is InChI=1S/C9H15N3O/c1-2-12-7-8(5-11-12)9-6-10-3-4-13-9/h5,7,9-10H,2-4,6H2,1H3/t9-/m1/s1. The van der Waals surface area contributed by atoms with E-state index in [1.165, 1.54) is 5.56 Å². The third-order valence-electron chi connectivity index (χ3n) is 2.28. The molecule has 1 aliphatic heterocycles. The van der Waals surface area contributed by atoms with Gasteiger partial charge in [-0.1, -0.05) is 0 Å². The summed E-state index contributed by atoms with van der Waals surface area (Å²) in [4.78, 5) is 0. The van der Waals surface area contributed by atoms with E-state index < -0.39 is 0 Å². The molecule has 1 atom stereocenters. The smallest absolute Gasteiger partial charge is 0.0980 e. The number of hydrogen-bond donors (Lipinski definition) is 1. The van der Waals surface area contributed by atoms with Crippen molar-refractivity contribution < 1.29 is 4.74 Å². The average molecular weight is 181 g/mol. The SMILES string of the molecule is CCn1cc([C@H]2CNCCO2)cn1. The van der Waals surface area contributed by atoms with Crippen LogP contribution in [0.4, 0.5) is 0 Å². The number of ether oxygens (including phenoxy) is 1. The molecule has 0 saturated carbocycles. The molecule has 1 N–H and O–H groups in total. The number of hydrogen-bond acceptors (Lipinski definition) is 3. The first kappa shape index (κ1) is 8.72. The lowest BCUT2D eigenvalue weighted by Crippen LogP contribution is -2.33. The molecule has 13 heavy (non-hydrogen) atoms. The van der Waals surface area contributed by atoms with Gasteiger partial charge in [0.25, 0.3) is 0 Å². The van der Waals surface area contributed by atoms with E-state index in [0.29, 0.717) is 0 Å². The second kappa shape index (κ2) is 3.89. The van der Waals surface area contributed by atoms with Crippen LogP contribution in [-0.2, 0) is 11.3 Å². The van der Waals surface area contributed by atoms with Crippen molar-refractivity contribution in [3.05, 3.63) is 18.0 Å². The minimum atomic E-state index is 0.189. The van der Waals surface area contributed by atoms with Gasteiger partial charge in [-0.3, -0.25) is 4.68 Å². The molecule has 2 heterocycles. The molecule has 4 heteroatoms. The summed E-state index contributed by atoms with van der Waals surface area (Å²) in [6.07, 6.45) is 4.13. The molecule has 2 rings (SSSR count). The molecule has 0 spiro atoms. The van der Waals surface area contributed by atoms with E-state index in [1.54, 1.807) is 0 Å². The zero-order valence-corrected chi connectivity index (χ0v) is 7.86. The summed E-state index contributed by atoms with van der Waals surface area (Å²) in [6, 6.07) is 0. The normalized spacial score (nSPS) is 23.3. The van der Waals surface area contributed by atoms with Gasteiger partial charge in [0.2, 0.25) is 0 Å². The van der Waals surface area contributed by atoms with E-state index >= 15 is 0 Å². The van der Waals surface area contributed by atoms with Gasteiger partial charge in [-0.2, -0.15) is 5.10 Å². The Morgan fingerprint density at radius 3 is 3.31 bits per heavy atom. The van der Waals surface area contributed by atoms with Crippen molar-refractivity contribution in [1.29, 1.82) is 0 Å². The first-order valence-electron chi connectivity index (χ1n) is 4.75. The summed E-state index contributed by atoms with van der Waals surface area (Å²) < 4.78 is 7.53. The summed E-state index contributed by atoms with van der Waals surface area (Å²) in [5.74, 6) is 0. The summed E-state index contributed by atoms with van der Waals surface area (Å²) in [5.41, 5.74) is 1.18. The van der Waals surface area contributed by atoms with Crippen molar-refractivity contribution in [3.8, 4) is 0 Å². The van der Waals surface area contributed by atoms with Crippen LogP contribution in [0.1, 0.15) is 18.6 Å².